The van der Waals surface area contributed by atoms with Crippen LogP contribution in [0.1, 0.15) is 18.9 Å². The minimum absolute atomic E-state index is 0.0465. The first-order chi connectivity index (χ1) is 13.1. The molecule has 7 heteroatoms. The van der Waals surface area contributed by atoms with Gasteiger partial charge >= 0.3 is 5.69 Å². The molecule has 2 aromatic carbocycles. The van der Waals surface area contributed by atoms with Gasteiger partial charge in [0.15, 0.2) is 18.2 Å². The van der Waals surface area contributed by atoms with Gasteiger partial charge in [0.05, 0.1) is 11.0 Å². The second kappa shape index (κ2) is 7.26. The zero-order valence-electron chi connectivity index (χ0n) is 14.7. The fraction of sp³-hybridized carbons (Fsp3) is 0.300. The van der Waals surface area contributed by atoms with E-state index >= 15 is 0 Å². The number of aromatic amines is 1. The van der Waals surface area contributed by atoms with Gasteiger partial charge in [-0.05, 0) is 37.1 Å². The third kappa shape index (κ3) is 3.45. The highest BCUT2D eigenvalue weighted by Crippen LogP contribution is 2.25. The van der Waals surface area contributed by atoms with E-state index in [0.29, 0.717) is 25.9 Å². The summed E-state index contributed by atoms with van der Waals surface area (Å²) >= 11 is 0. The highest BCUT2D eigenvalue weighted by Gasteiger charge is 2.26. The van der Waals surface area contributed by atoms with Gasteiger partial charge in [-0.25, -0.2) is 9.18 Å². The highest BCUT2D eigenvalue weighted by atomic mass is 19.1. The molecule has 0 bridgehead atoms. The Morgan fingerprint density at radius 3 is 2.59 bits per heavy atom. The number of ether oxygens (including phenoxy) is 1. The first kappa shape index (κ1) is 17.3. The normalized spacial score (nSPS) is 15.2. The van der Waals surface area contributed by atoms with Crippen LogP contribution in [0, 0.1) is 5.82 Å². The number of benzene rings is 2. The van der Waals surface area contributed by atoms with Gasteiger partial charge in [-0.1, -0.05) is 24.3 Å². The predicted molar refractivity (Wildman–Crippen MR) is 99.3 cm³/mol. The van der Waals surface area contributed by atoms with Gasteiger partial charge in [0, 0.05) is 19.1 Å². The summed E-state index contributed by atoms with van der Waals surface area (Å²) in [6.45, 7) is 0.880. The molecule has 6 nitrogen and oxygen atoms in total. The average Bonchev–Trinajstić information content (AvgIpc) is 3.03. The molecule has 2 heterocycles. The number of H-pyrrole nitrogens is 1. The van der Waals surface area contributed by atoms with E-state index < -0.39 is 5.82 Å². The Hall–Kier alpha value is -3.09. The summed E-state index contributed by atoms with van der Waals surface area (Å²) < 4.78 is 20.7. The molecule has 4 rings (SSSR count). The van der Waals surface area contributed by atoms with Crippen LogP contribution in [0.3, 0.4) is 0 Å². The molecule has 140 valence electrons. The van der Waals surface area contributed by atoms with Gasteiger partial charge in [-0.3, -0.25) is 9.36 Å². The molecule has 0 aliphatic carbocycles. The Morgan fingerprint density at radius 2 is 1.81 bits per heavy atom. The SMILES string of the molecule is O=C(COc1ccccc1F)N1CCC(n2c(=O)[nH]c3ccccc32)CC1. The molecular formula is C20H20FN3O3. The number of hydrogen-bond donors (Lipinski definition) is 1. The van der Waals surface area contributed by atoms with E-state index in [1.54, 1.807) is 21.6 Å². The van der Waals surface area contributed by atoms with Gasteiger partial charge in [0.1, 0.15) is 0 Å². The van der Waals surface area contributed by atoms with Gasteiger partial charge < -0.3 is 14.6 Å². The van der Waals surface area contributed by atoms with Gasteiger partial charge in [-0.15, -0.1) is 0 Å². The predicted octanol–water partition coefficient (Wildman–Crippen LogP) is 2.71. The maximum absolute atomic E-state index is 13.6. The molecule has 1 aliphatic rings. The van der Waals surface area contributed by atoms with Crippen molar-refractivity contribution in [2.24, 2.45) is 0 Å². The van der Waals surface area contributed by atoms with Gasteiger partial charge in [0.25, 0.3) is 5.91 Å². The van der Waals surface area contributed by atoms with Crippen molar-refractivity contribution in [2.75, 3.05) is 19.7 Å². The highest BCUT2D eigenvalue weighted by molar-refractivity contribution is 5.78. The van der Waals surface area contributed by atoms with Crippen molar-refractivity contribution in [3.8, 4) is 5.75 Å². The molecule has 1 aromatic heterocycles. The largest absolute Gasteiger partial charge is 0.481 e. The molecule has 3 aromatic rings. The molecule has 1 N–H and O–H groups in total. The summed E-state index contributed by atoms with van der Waals surface area (Å²) in [4.78, 5) is 29.3. The number of likely N-dealkylation sites (tertiary alicyclic amines) is 1. The molecule has 0 spiro atoms. The van der Waals surface area contributed by atoms with E-state index in [2.05, 4.69) is 4.98 Å². The zero-order chi connectivity index (χ0) is 18.8. The quantitative estimate of drug-likeness (QED) is 0.769. The summed E-state index contributed by atoms with van der Waals surface area (Å²) in [5.41, 5.74) is 1.58. The number of carbonyl (C=O) groups excluding carboxylic acids is 1. The fourth-order valence-corrected chi connectivity index (χ4v) is 3.60. The van der Waals surface area contributed by atoms with Crippen LogP contribution in [0.2, 0.25) is 0 Å². The Morgan fingerprint density at radius 1 is 1.11 bits per heavy atom. The fourth-order valence-electron chi connectivity index (χ4n) is 3.60. The van der Waals surface area contributed by atoms with Crippen molar-refractivity contribution in [3.05, 3.63) is 64.8 Å². The number of para-hydroxylation sites is 3. The van der Waals surface area contributed by atoms with E-state index in [-0.39, 0.29) is 30.0 Å². The lowest BCUT2D eigenvalue weighted by molar-refractivity contribution is -0.134. The number of imidazole rings is 1. The Labute approximate surface area is 155 Å². The van der Waals surface area contributed by atoms with Crippen molar-refractivity contribution in [3.63, 3.8) is 0 Å². The first-order valence-corrected chi connectivity index (χ1v) is 8.98. The lowest BCUT2D eigenvalue weighted by Crippen LogP contribution is -2.42. The van der Waals surface area contributed by atoms with E-state index in [1.807, 2.05) is 24.3 Å². The molecular weight excluding hydrogens is 349 g/mol. The molecule has 1 amide bonds. The van der Waals surface area contributed by atoms with Crippen LogP contribution < -0.4 is 10.4 Å². The van der Waals surface area contributed by atoms with E-state index in [1.165, 1.54) is 12.1 Å². The van der Waals surface area contributed by atoms with Crippen molar-refractivity contribution < 1.29 is 13.9 Å². The molecule has 1 saturated heterocycles. The smallest absolute Gasteiger partial charge is 0.326 e. The van der Waals surface area contributed by atoms with Gasteiger partial charge in [0.2, 0.25) is 0 Å². The number of nitrogens with zero attached hydrogens (tertiary/aromatic N) is 2. The number of carbonyl (C=O) groups is 1. The lowest BCUT2D eigenvalue weighted by atomic mass is 10.0. The Kier molecular flexibility index (Phi) is 4.66. The van der Waals surface area contributed by atoms with Crippen LogP contribution in [0.5, 0.6) is 5.75 Å². The standard InChI is InChI=1S/C20H20FN3O3/c21-15-5-1-4-8-18(15)27-13-19(25)23-11-9-14(10-12-23)24-17-7-3-2-6-16(17)22-20(24)26/h1-8,14H,9-13H2,(H,22,26). The summed E-state index contributed by atoms with van der Waals surface area (Å²) in [6, 6.07) is 13.7. The van der Waals surface area contributed by atoms with E-state index in [4.69, 9.17) is 4.74 Å². The summed E-state index contributed by atoms with van der Waals surface area (Å²) in [5, 5.41) is 0. The molecule has 0 radical (unpaired) electrons. The van der Waals surface area contributed by atoms with Crippen molar-refractivity contribution in [1.82, 2.24) is 14.5 Å². The minimum Gasteiger partial charge on any atom is -0.481 e. The average molecular weight is 369 g/mol. The van der Waals surface area contributed by atoms with Crippen molar-refractivity contribution in [2.45, 2.75) is 18.9 Å². The number of piperidine rings is 1. The van der Waals surface area contributed by atoms with Crippen LogP contribution in [0.4, 0.5) is 4.39 Å². The Balaban J connectivity index is 1.38. The molecule has 0 unspecified atom stereocenters. The number of fused-ring (bicyclic) bond motifs is 1. The van der Waals surface area contributed by atoms with Gasteiger partial charge in [-0.2, -0.15) is 0 Å². The number of rotatable bonds is 4. The monoisotopic (exact) mass is 369 g/mol. The Bertz CT molecular complexity index is 1020. The second-order valence-electron chi connectivity index (χ2n) is 6.65. The molecule has 0 saturated carbocycles. The summed E-state index contributed by atoms with van der Waals surface area (Å²) in [5.74, 6) is -0.586. The number of hydrogen-bond acceptors (Lipinski definition) is 3. The number of aromatic nitrogens is 2. The minimum atomic E-state index is -0.484. The van der Waals surface area contributed by atoms with Crippen LogP contribution in [0.25, 0.3) is 11.0 Å². The van der Waals surface area contributed by atoms with E-state index in [0.717, 1.165) is 11.0 Å². The van der Waals surface area contributed by atoms with Crippen molar-refractivity contribution in [1.29, 1.82) is 0 Å². The summed E-state index contributed by atoms with van der Waals surface area (Å²) in [6.07, 6.45) is 1.38. The third-order valence-electron chi connectivity index (χ3n) is 4.99. The van der Waals surface area contributed by atoms with Crippen molar-refractivity contribution >= 4 is 16.9 Å². The van der Waals surface area contributed by atoms with Crippen LogP contribution >= 0.6 is 0 Å². The number of halogens is 1. The maximum Gasteiger partial charge on any atom is 0.326 e. The molecule has 1 aliphatic heterocycles. The zero-order valence-corrected chi connectivity index (χ0v) is 14.7. The number of amides is 1. The molecule has 0 atom stereocenters. The third-order valence-corrected chi connectivity index (χ3v) is 4.99. The lowest BCUT2D eigenvalue weighted by Gasteiger charge is -2.32. The van der Waals surface area contributed by atoms with Crippen LogP contribution in [0.15, 0.2) is 53.3 Å². The maximum atomic E-state index is 13.6. The topological polar surface area (TPSA) is 67.3 Å². The van der Waals surface area contributed by atoms with Crippen LogP contribution in [-0.4, -0.2) is 40.1 Å². The second-order valence-corrected chi connectivity index (χ2v) is 6.65. The first-order valence-electron chi connectivity index (χ1n) is 8.98. The molecule has 27 heavy (non-hydrogen) atoms. The van der Waals surface area contributed by atoms with E-state index in [9.17, 15) is 14.0 Å². The molecule has 1 fully saturated rings. The summed E-state index contributed by atoms with van der Waals surface area (Å²) in [7, 11) is 0. The number of nitrogens with one attached hydrogen (secondary N) is 1. The van der Waals surface area contributed by atoms with Crippen LogP contribution in [-0.2, 0) is 4.79 Å².